The van der Waals surface area contributed by atoms with Crippen molar-refractivity contribution in [2.24, 2.45) is 5.92 Å². The monoisotopic (exact) mass is 384 g/mol. The molecule has 0 saturated heterocycles. The number of para-hydroxylation sites is 1. The molecule has 3 aromatic rings. The van der Waals surface area contributed by atoms with E-state index in [1.165, 1.54) is 10.4 Å². The highest BCUT2D eigenvalue weighted by atomic mass is 32.2. The first-order valence-electron chi connectivity index (χ1n) is 9.44. The number of hydrogen-bond acceptors (Lipinski definition) is 4. The molecule has 26 heavy (non-hydrogen) atoms. The minimum Gasteiger partial charge on any atom is -0.268 e. The Kier molecular flexibility index (Phi) is 5.18. The SMILES string of the molecule is CCCCSc1nc2sc3c(c2c(=O)n1-c1ccccc1)CCC(C)C3. The van der Waals surface area contributed by atoms with Gasteiger partial charge in [-0.3, -0.25) is 9.36 Å². The quantitative estimate of drug-likeness (QED) is 0.333. The summed E-state index contributed by atoms with van der Waals surface area (Å²) in [6.45, 7) is 4.49. The van der Waals surface area contributed by atoms with Gasteiger partial charge in [0.05, 0.1) is 11.1 Å². The molecule has 2 heterocycles. The Labute approximate surface area is 162 Å². The van der Waals surface area contributed by atoms with Gasteiger partial charge in [0, 0.05) is 10.6 Å². The molecule has 4 rings (SSSR count). The second kappa shape index (κ2) is 7.57. The highest BCUT2D eigenvalue weighted by Gasteiger charge is 2.25. The Morgan fingerprint density at radius 2 is 2.12 bits per heavy atom. The van der Waals surface area contributed by atoms with E-state index in [2.05, 4.69) is 13.8 Å². The second-order valence-corrected chi connectivity index (χ2v) is 9.25. The Morgan fingerprint density at radius 1 is 1.31 bits per heavy atom. The van der Waals surface area contributed by atoms with E-state index in [0.717, 1.165) is 58.9 Å². The van der Waals surface area contributed by atoms with Gasteiger partial charge < -0.3 is 0 Å². The van der Waals surface area contributed by atoms with Gasteiger partial charge in [-0.05, 0) is 49.3 Å². The average molecular weight is 385 g/mol. The summed E-state index contributed by atoms with van der Waals surface area (Å²) in [7, 11) is 0. The van der Waals surface area contributed by atoms with Crippen LogP contribution < -0.4 is 5.56 Å². The van der Waals surface area contributed by atoms with E-state index in [-0.39, 0.29) is 5.56 Å². The van der Waals surface area contributed by atoms with Crippen molar-refractivity contribution >= 4 is 33.3 Å². The molecule has 0 fully saturated rings. The van der Waals surface area contributed by atoms with E-state index >= 15 is 0 Å². The molecule has 5 heteroatoms. The van der Waals surface area contributed by atoms with Crippen LogP contribution in [0.2, 0.25) is 0 Å². The number of aryl methyl sites for hydroxylation is 1. The van der Waals surface area contributed by atoms with Crippen molar-refractivity contribution in [1.29, 1.82) is 0 Å². The summed E-state index contributed by atoms with van der Waals surface area (Å²) >= 11 is 3.44. The molecule has 0 spiro atoms. The second-order valence-electron chi connectivity index (χ2n) is 7.10. The van der Waals surface area contributed by atoms with Crippen LogP contribution in [0.1, 0.15) is 43.6 Å². The molecular weight excluding hydrogens is 360 g/mol. The number of nitrogens with zero attached hydrogens (tertiary/aromatic N) is 2. The molecule has 1 atom stereocenters. The molecule has 3 nitrogen and oxygen atoms in total. The van der Waals surface area contributed by atoms with Crippen LogP contribution in [0.4, 0.5) is 0 Å². The molecule has 0 bridgehead atoms. The maximum Gasteiger partial charge on any atom is 0.267 e. The van der Waals surface area contributed by atoms with Crippen molar-refractivity contribution in [2.45, 2.75) is 51.1 Å². The zero-order valence-corrected chi connectivity index (χ0v) is 17.0. The van der Waals surface area contributed by atoms with E-state index in [0.29, 0.717) is 5.92 Å². The Morgan fingerprint density at radius 3 is 2.88 bits per heavy atom. The average Bonchev–Trinajstić information content (AvgIpc) is 3.00. The van der Waals surface area contributed by atoms with Crippen molar-refractivity contribution < 1.29 is 0 Å². The Bertz CT molecular complexity index is 975. The lowest BCUT2D eigenvalue weighted by Gasteiger charge is -2.17. The molecule has 0 saturated carbocycles. The Hall–Kier alpha value is -1.59. The van der Waals surface area contributed by atoms with Gasteiger partial charge in [0.25, 0.3) is 5.56 Å². The molecule has 1 aliphatic rings. The zero-order chi connectivity index (χ0) is 18.1. The van der Waals surface area contributed by atoms with Crippen LogP contribution in [0.3, 0.4) is 0 Å². The predicted molar refractivity (Wildman–Crippen MR) is 112 cm³/mol. The lowest BCUT2D eigenvalue weighted by Crippen LogP contribution is -2.22. The minimum atomic E-state index is 0.104. The lowest BCUT2D eigenvalue weighted by atomic mass is 9.89. The summed E-state index contributed by atoms with van der Waals surface area (Å²) in [4.78, 5) is 20.8. The first-order valence-corrected chi connectivity index (χ1v) is 11.2. The van der Waals surface area contributed by atoms with Crippen LogP contribution in [0.25, 0.3) is 15.9 Å². The van der Waals surface area contributed by atoms with Gasteiger partial charge in [0.15, 0.2) is 5.16 Å². The van der Waals surface area contributed by atoms with Crippen LogP contribution in [0.15, 0.2) is 40.3 Å². The van der Waals surface area contributed by atoms with Gasteiger partial charge >= 0.3 is 0 Å². The van der Waals surface area contributed by atoms with E-state index in [4.69, 9.17) is 4.98 Å². The van der Waals surface area contributed by atoms with Crippen LogP contribution >= 0.6 is 23.1 Å². The smallest absolute Gasteiger partial charge is 0.267 e. The van der Waals surface area contributed by atoms with Crippen molar-refractivity contribution in [2.75, 3.05) is 5.75 Å². The van der Waals surface area contributed by atoms with Crippen molar-refractivity contribution in [1.82, 2.24) is 9.55 Å². The van der Waals surface area contributed by atoms with Crippen LogP contribution in [-0.4, -0.2) is 15.3 Å². The molecule has 1 aliphatic carbocycles. The summed E-state index contributed by atoms with van der Waals surface area (Å²) in [5.74, 6) is 1.69. The summed E-state index contributed by atoms with van der Waals surface area (Å²) < 4.78 is 1.83. The largest absolute Gasteiger partial charge is 0.268 e. The number of benzene rings is 1. The number of thiophene rings is 1. The maximum atomic E-state index is 13.5. The molecule has 0 amide bonds. The summed E-state index contributed by atoms with van der Waals surface area (Å²) in [5, 5.41) is 1.69. The minimum absolute atomic E-state index is 0.104. The topological polar surface area (TPSA) is 34.9 Å². The number of rotatable bonds is 5. The third-order valence-electron chi connectivity index (χ3n) is 5.04. The first-order chi connectivity index (χ1) is 12.7. The summed E-state index contributed by atoms with van der Waals surface area (Å²) in [6.07, 6.45) is 5.53. The van der Waals surface area contributed by atoms with E-state index in [1.54, 1.807) is 23.1 Å². The number of thioether (sulfide) groups is 1. The van der Waals surface area contributed by atoms with Crippen LogP contribution in [0.5, 0.6) is 0 Å². The van der Waals surface area contributed by atoms with E-state index in [9.17, 15) is 4.79 Å². The van der Waals surface area contributed by atoms with Gasteiger partial charge in [-0.15, -0.1) is 11.3 Å². The fourth-order valence-electron chi connectivity index (χ4n) is 3.58. The van der Waals surface area contributed by atoms with Crippen molar-refractivity contribution in [3.8, 4) is 5.69 Å². The molecule has 0 aliphatic heterocycles. The number of unbranched alkanes of at least 4 members (excludes halogenated alkanes) is 1. The number of fused-ring (bicyclic) bond motifs is 3. The normalized spacial score (nSPS) is 16.8. The molecule has 136 valence electrons. The summed E-state index contributed by atoms with van der Waals surface area (Å²) in [6, 6.07) is 9.95. The Balaban J connectivity index is 1.92. The van der Waals surface area contributed by atoms with E-state index < -0.39 is 0 Å². The molecule has 1 aromatic carbocycles. The highest BCUT2D eigenvalue weighted by Crippen LogP contribution is 2.37. The van der Waals surface area contributed by atoms with Gasteiger partial charge in [-0.2, -0.15) is 0 Å². The fourth-order valence-corrected chi connectivity index (χ4v) is 6.10. The van der Waals surface area contributed by atoms with E-state index in [1.807, 2.05) is 34.9 Å². The maximum absolute atomic E-state index is 13.5. The fraction of sp³-hybridized carbons (Fsp3) is 0.429. The van der Waals surface area contributed by atoms with Crippen molar-refractivity contribution in [3.05, 3.63) is 51.1 Å². The standard InChI is InChI=1S/C21H24N2OS2/c1-3-4-12-25-21-22-19-18(16-11-10-14(2)13-17(16)26-19)20(24)23(21)15-8-6-5-7-9-15/h5-9,14H,3-4,10-13H2,1-2H3. The number of aromatic nitrogens is 2. The first kappa shape index (κ1) is 17.8. The van der Waals surface area contributed by atoms with Gasteiger partial charge in [-0.1, -0.05) is 50.2 Å². The third-order valence-corrected chi connectivity index (χ3v) is 7.22. The zero-order valence-electron chi connectivity index (χ0n) is 15.3. The van der Waals surface area contributed by atoms with Crippen molar-refractivity contribution in [3.63, 3.8) is 0 Å². The predicted octanol–water partition coefficient (Wildman–Crippen LogP) is 5.46. The molecule has 1 unspecified atom stereocenters. The molecule has 2 aromatic heterocycles. The summed E-state index contributed by atoms with van der Waals surface area (Å²) in [5.41, 5.74) is 2.28. The van der Waals surface area contributed by atoms with Gasteiger partial charge in [0.1, 0.15) is 4.83 Å². The van der Waals surface area contributed by atoms with Gasteiger partial charge in [0.2, 0.25) is 0 Å². The lowest BCUT2D eigenvalue weighted by molar-refractivity contribution is 0.509. The molecule has 0 radical (unpaired) electrons. The molecule has 0 N–H and O–H groups in total. The van der Waals surface area contributed by atoms with Crippen LogP contribution in [0, 0.1) is 5.92 Å². The highest BCUT2D eigenvalue weighted by molar-refractivity contribution is 7.99. The van der Waals surface area contributed by atoms with Crippen LogP contribution in [-0.2, 0) is 12.8 Å². The van der Waals surface area contributed by atoms with Gasteiger partial charge in [-0.25, -0.2) is 4.98 Å². The number of hydrogen-bond donors (Lipinski definition) is 0. The third kappa shape index (κ3) is 3.23. The molecular formula is C21H24N2OS2.